The number of hydrogen-bond acceptors (Lipinski definition) is 1. The molecular formula is C59H46N2. The first kappa shape index (κ1) is 37.8. The van der Waals surface area contributed by atoms with Gasteiger partial charge in [0.15, 0.2) is 0 Å². The minimum Gasteiger partial charge on any atom is -0.309 e. The van der Waals surface area contributed by atoms with E-state index in [0.717, 1.165) is 35.4 Å². The van der Waals surface area contributed by atoms with Crippen molar-refractivity contribution in [2.24, 2.45) is 4.99 Å². The average molecular weight is 783 g/mol. The summed E-state index contributed by atoms with van der Waals surface area (Å²) in [4.78, 5) is 5.26. The average Bonchev–Trinajstić information content (AvgIpc) is 3.93. The second kappa shape index (κ2) is 15.3. The van der Waals surface area contributed by atoms with Gasteiger partial charge in [0, 0.05) is 27.6 Å². The predicted molar refractivity (Wildman–Crippen MR) is 259 cm³/mol. The van der Waals surface area contributed by atoms with Crippen LogP contribution in [0, 0.1) is 12.8 Å². The maximum absolute atomic E-state index is 5.26. The zero-order chi connectivity index (χ0) is 41.7. The van der Waals surface area contributed by atoms with Gasteiger partial charge in [-0.3, -0.25) is 4.99 Å². The van der Waals surface area contributed by atoms with Crippen LogP contribution in [0.3, 0.4) is 0 Å². The number of fused-ring (bicyclic) bond motifs is 9. The van der Waals surface area contributed by atoms with Gasteiger partial charge in [-0.05, 0) is 128 Å². The van der Waals surface area contributed by atoms with Crippen molar-refractivity contribution >= 4 is 33.2 Å². The Hall–Kier alpha value is -7.47. The molecule has 0 amide bonds. The van der Waals surface area contributed by atoms with Crippen molar-refractivity contribution in [1.82, 2.24) is 4.57 Å². The third kappa shape index (κ3) is 6.42. The summed E-state index contributed by atoms with van der Waals surface area (Å²) in [5.74, 6) is 0. The number of terminal acetylenes is 1. The van der Waals surface area contributed by atoms with Crippen LogP contribution in [0.15, 0.2) is 193 Å². The summed E-state index contributed by atoms with van der Waals surface area (Å²) in [5, 5.41) is 2.59. The van der Waals surface area contributed by atoms with E-state index in [9.17, 15) is 0 Å². The summed E-state index contributed by atoms with van der Waals surface area (Å²) in [6.07, 6.45) is 12.0. The Morgan fingerprint density at radius 2 is 1.26 bits per heavy atom. The summed E-state index contributed by atoms with van der Waals surface area (Å²) in [6.45, 7) is 6.88. The Balaban J connectivity index is 0.00000220. The van der Waals surface area contributed by atoms with Crippen molar-refractivity contribution < 1.29 is 0 Å². The van der Waals surface area contributed by atoms with Gasteiger partial charge in [0.2, 0.25) is 0 Å². The lowest BCUT2D eigenvalue weighted by molar-refractivity contribution is 0.661. The van der Waals surface area contributed by atoms with Gasteiger partial charge < -0.3 is 4.57 Å². The number of nitrogens with zero attached hydrogens (tertiary/aromatic N) is 2. The number of rotatable bonds is 7. The molecule has 9 aromatic rings. The topological polar surface area (TPSA) is 17.3 Å². The monoisotopic (exact) mass is 782 g/mol. The highest BCUT2D eigenvalue weighted by Gasteiger charge is 2.36. The molecule has 2 heteroatoms. The Kier molecular flexibility index (Phi) is 9.47. The molecule has 0 N–H and O–H groups in total. The largest absolute Gasteiger partial charge is 0.309 e. The van der Waals surface area contributed by atoms with E-state index in [0.29, 0.717) is 0 Å². The third-order valence-corrected chi connectivity index (χ3v) is 12.9. The molecule has 0 saturated carbocycles. The molecule has 0 atom stereocenters. The van der Waals surface area contributed by atoms with Crippen LogP contribution >= 0.6 is 0 Å². The Bertz CT molecular complexity index is 3230. The minimum absolute atomic E-state index is 0.0698. The molecule has 0 radical (unpaired) electrons. The highest BCUT2D eigenvalue weighted by Crippen LogP contribution is 2.51. The Morgan fingerprint density at radius 3 is 2.10 bits per heavy atom. The molecule has 0 spiro atoms. The summed E-state index contributed by atoms with van der Waals surface area (Å²) in [5.41, 5.74) is 22.6. The molecular weight excluding hydrogens is 737 g/mol. The minimum atomic E-state index is -0.0698. The van der Waals surface area contributed by atoms with Crippen LogP contribution in [0.25, 0.3) is 66.6 Å². The molecule has 0 unspecified atom stereocenters. The van der Waals surface area contributed by atoms with E-state index < -0.39 is 0 Å². The molecule has 1 aromatic heterocycles. The van der Waals surface area contributed by atoms with Crippen LogP contribution in [0.2, 0.25) is 0 Å². The molecule has 1 heterocycles. The summed E-state index contributed by atoms with van der Waals surface area (Å²) in [7, 11) is 0. The molecule has 0 saturated heterocycles. The van der Waals surface area contributed by atoms with Gasteiger partial charge in [-0.15, -0.1) is 12.8 Å². The van der Waals surface area contributed by atoms with Crippen molar-refractivity contribution in [1.29, 1.82) is 0 Å². The molecule has 61 heavy (non-hydrogen) atoms. The van der Waals surface area contributed by atoms with E-state index >= 15 is 0 Å². The number of aromatic nitrogens is 1. The first-order valence-corrected chi connectivity index (χ1v) is 21.1. The Labute approximate surface area is 359 Å². The number of para-hydroxylation sites is 1. The van der Waals surface area contributed by atoms with Gasteiger partial charge in [-0.25, -0.2) is 0 Å². The van der Waals surface area contributed by atoms with Crippen molar-refractivity contribution in [2.75, 3.05) is 0 Å². The Morgan fingerprint density at radius 1 is 0.574 bits per heavy atom. The molecule has 0 fully saturated rings. The summed E-state index contributed by atoms with van der Waals surface area (Å²) < 4.78 is 2.50. The van der Waals surface area contributed by atoms with E-state index in [1.807, 2.05) is 0 Å². The van der Waals surface area contributed by atoms with E-state index in [4.69, 9.17) is 4.99 Å². The van der Waals surface area contributed by atoms with Gasteiger partial charge in [0.1, 0.15) is 0 Å². The number of hydrogen-bond donors (Lipinski definition) is 0. The van der Waals surface area contributed by atoms with Crippen molar-refractivity contribution in [3.63, 3.8) is 0 Å². The third-order valence-electron chi connectivity index (χ3n) is 12.9. The standard InChI is InChI=1S/C57H44N2.C2H2/c1-37(58-54(39-18-8-5-9-19-39)31-28-38-16-6-4-7-17-38)40-20-14-21-41(32-40)44-24-15-25-45-48-34-43(30-29-42(48)33-49(44)45)59-55-27-13-11-23-47(55)51-35-50-46-22-10-12-26-52(46)57(2,3)53(50)36-56(51)59;1-2/h4-27,29-32,34-36H,28,33H2,1-3H3;1-2H/b54-31-,58-37?;. The van der Waals surface area contributed by atoms with E-state index in [2.05, 4.69) is 226 Å². The van der Waals surface area contributed by atoms with Crippen molar-refractivity contribution in [3.8, 4) is 51.9 Å². The van der Waals surface area contributed by atoms with Gasteiger partial charge in [-0.2, -0.15) is 0 Å². The molecule has 11 rings (SSSR count). The van der Waals surface area contributed by atoms with Crippen LogP contribution in [-0.2, 0) is 18.3 Å². The van der Waals surface area contributed by atoms with E-state index in [-0.39, 0.29) is 5.41 Å². The van der Waals surface area contributed by atoms with Gasteiger partial charge in [-0.1, -0.05) is 166 Å². The summed E-state index contributed by atoms with van der Waals surface area (Å²) in [6, 6.07) is 66.8. The number of allylic oxidation sites excluding steroid dienone is 1. The molecule has 0 bridgehead atoms. The van der Waals surface area contributed by atoms with Crippen LogP contribution in [0.4, 0.5) is 0 Å². The van der Waals surface area contributed by atoms with Crippen LogP contribution < -0.4 is 0 Å². The first-order chi connectivity index (χ1) is 29.9. The van der Waals surface area contributed by atoms with Crippen molar-refractivity contribution in [3.05, 3.63) is 227 Å². The van der Waals surface area contributed by atoms with Crippen LogP contribution in [-0.4, -0.2) is 10.3 Å². The molecule has 2 aliphatic carbocycles. The van der Waals surface area contributed by atoms with E-state index in [1.165, 1.54) is 88.7 Å². The molecule has 8 aromatic carbocycles. The van der Waals surface area contributed by atoms with E-state index in [1.54, 1.807) is 0 Å². The lowest BCUT2D eigenvalue weighted by Crippen LogP contribution is -2.14. The van der Waals surface area contributed by atoms with Gasteiger partial charge >= 0.3 is 0 Å². The SMILES string of the molecule is C#C.CC(=N/C(=C\Cc1ccccc1)c1ccccc1)c1cccc(-c2cccc3c2Cc2ccc(-n4c5ccccc5c5cc6c(cc54)C(C)(C)c4ccccc4-6)cc2-3)c1. The highest BCUT2D eigenvalue weighted by molar-refractivity contribution is 6.12. The van der Waals surface area contributed by atoms with Gasteiger partial charge in [0.25, 0.3) is 0 Å². The summed E-state index contributed by atoms with van der Waals surface area (Å²) >= 11 is 0. The molecule has 2 aliphatic rings. The molecule has 292 valence electrons. The van der Waals surface area contributed by atoms with Crippen molar-refractivity contribution in [2.45, 2.75) is 39.0 Å². The maximum atomic E-state index is 5.26. The lowest BCUT2D eigenvalue weighted by atomic mass is 9.82. The fourth-order valence-electron chi connectivity index (χ4n) is 9.86. The smallest absolute Gasteiger partial charge is 0.0668 e. The predicted octanol–water partition coefficient (Wildman–Crippen LogP) is 14.7. The normalized spacial score (nSPS) is 13.6. The second-order valence-corrected chi connectivity index (χ2v) is 16.7. The number of aliphatic imine (C=N–C) groups is 1. The zero-order valence-electron chi connectivity index (χ0n) is 34.9. The van der Waals surface area contributed by atoms with Crippen LogP contribution in [0.1, 0.15) is 59.7 Å². The fraction of sp³-hybridized carbons (Fsp3) is 0.102. The fourth-order valence-corrected chi connectivity index (χ4v) is 9.86. The van der Waals surface area contributed by atoms with Crippen LogP contribution in [0.5, 0.6) is 0 Å². The number of benzene rings is 8. The lowest BCUT2D eigenvalue weighted by Gasteiger charge is -2.21. The molecule has 0 aliphatic heterocycles. The maximum Gasteiger partial charge on any atom is 0.0668 e. The molecule has 2 nitrogen and oxygen atoms in total. The second-order valence-electron chi connectivity index (χ2n) is 16.7. The zero-order valence-corrected chi connectivity index (χ0v) is 34.9. The first-order valence-electron chi connectivity index (χ1n) is 21.1. The quantitative estimate of drug-likeness (QED) is 0.113. The van der Waals surface area contributed by atoms with Gasteiger partial charge in [0.05, 0.1) is 16.7 Å². The highest BCUT2D eigenvalue weighted by atomic mass is 15.0.